The van der Waals surface area contributed by atoms with E-state index in [2.05, 4.69) is 21.2 Å². The summed E-state index contributed by atoms with van der Waals surface area (Å²) in [5, 5.41) is 12.6. The van der Waals surface area contributed by atoms with E-state index in [-0.39, 0.29) is 30.5 Å². The van der Waals surface area contributed by atoms with Crippen molar-refractivity contribution in [2.75, 3.05) is 13.2 Å². The predicted molar refractivity (Wildman–Crippen MR) is 169 cm³/mol. The van der Waals surface area contributed by atoms with E-state index >= 15 is 0 Å². The van der Waals surface area contributed by atoms with Gasteiger partial charge in [-0.1, -0.05) is 69.5 Å². The van der Waals surface area contributed by atoms with Crippen LogP contribution in [-0.2, 0) is 22.5 Å². The number of carbonyl (C=O) groups excluding carboxylic acids is 1. The second-order valence-corrected chi connectivity index (χ2v) is 11.9. The van der Waals surface area contributed by atoms with E-state index in [0.717, 1.165) is 22.2 Å². The van der Waals surface area contributed by atoms with Gasteiger partial charge in [0.15, 0.2) is 23.3 Å². The fourth-order valence-electron chi connectivity index (χ4n) is 4.89. The molecule has 0 spiro atoms. The Morgan fingerprint density at radius 3 is 2.50 bits per heavy atom. The highest BCUT2D eigenvalue weighted by Gasteiger charge is 2.54. The highest BCUT2D eigenvalue weighted by molar-refractivity contribution is 9.10. The minimum Gasteiger partial charge on any atom is -0.494 e. The minimum absolute atomic E-state index is 0.0230. The molecule has 0 bridgehead atoms. The molecule has 5 rings (SSSR count). The van der Waals surface area contributed by atoms with Crippen molar-refractivity contribution in [3.05, 3.63) is 133 Å². The number of aliphatic hydroxyl groups is 1. The number of aliphatic hydroxyl groups excluding tert-OH is 1. The zero-order valence-electron chi connectivity index (χ0n) is 23.2. The molecule has 11 heteroatoms. The van der Waals surface area contributed by atoms with Gasteiger partial charge in [-0.25, -0.2) is 13.8 Å². The van der Waals surface area contributed by atoms with Gasteiger partial charge in [0.2, 0.25) is 5.90 Å². The van der Waals surface area contributed by atoms with E-state index in [9.17, 15) is 13.6 Å². The molecular weight excluding hydrogens is 677 g/mol. The van der Waals surface area contributed by atoms with Crippen LogP contribution in [0.25, 0.3) is 0 Å². The molecule has 0 radical (unpaired) electrons. The maximum absolute atomic E-state index is 14.4. The summed E-state index contributed by atoms with van der Waals surface area (Å²) in [4.78, 5) is 19.3. The van der Waals surface area contributed by atoms with Gasteiger partial charge in [-0.3, -0.25) is 4.79 Å². The minimum atomic E-state index is -1.58. The summed E-state index contributed by atoms with van der Waals surface area (Å²) in [5.74, 6) is -1.70. The molecule has 0 unspecified atom stereocenters. The zero-order chi connectivity index (χ0) is 31.3. The van der Waals surface area contributed by atoms with Crippen molar-refractivity contribution in [1.29, 1.82) is 0 Å². The molecular formula is C33H27BrCl2F2N2O4. The van der Waals surface area contributed by atoms with Crippen molar-refractivity contribution in [3.8, 4) is 5.75 Å². The lowest BCUT2D eigenvalue weighted by molar-refractivity contribution is -0.129. The Morgan fingerprint density at radius 2 is 1.80 bits per heavy atom. The molecule has 0 saturated carbocycles. The van der Waals surface area contributed by atoms with Crippen molar-refractivity contribution >= 4 is 50.9 Å². The first-order valence-corrected chi connectivity index (χ1v) is 15.3. The highest BCUT2D eigenvalue weighted by atomic mass is 79.9. The number of hydrogen-bond acceptors (Lipinski definition) is 5. The van der Waals surface area contributed by atoms with E-state index in [4.69, 9.17) is 42.8 Å². The summed E-state index contributed by atoms with van der Waals surface area (Å²) in [6.07, 6.45) is -0.383. The van der Waals surface area contributed by atoms with Crippen molar-refractivity contribution in [1.82, 2.24) is 5.32 Å². The molecule has 0 aromatic heterocycles. The number of rotatable bonds is 11. The molecule has 4 aromatic rings. The van der Waals surface area contributed by atoms with Crippen LogP contribution in [-0.4, -0.2) is 35.7 Å². The average Bonchev–Trinajstić information content (AvgIpc) is 3.39. The summed E-state index contributed by atoms with van der Waals surface area (Å²) in [5.41, 5.74) is 0.665. The molecule has 44 heavy (non-hydrogen) atoms. The Kier molecular flexibility index (Phi) is 10.2. The first-order chi connectivity index (χ1) is 21.2. The van der Waals surface area contributed by atoms with E-state index in [1.807, 2.05) is 24.3 Å². The predicted octanol–water partition coefficient (Wildman–Crippen LogP) is 7.61. The van der Waals surface area contributed by atoms with Gasteiger partial charge in [0.25, 0.3) is 5.91 Å². The molecule has 6 nitrogen and oxygen atoms in total. The number of aliphatic imine (C=N–C) groups is 1. The molecule has 1 aliphatic rings. The van der Waals surface area contributed by atoms with E-state index in [1.54, 1.807) is 42.5 Å². The topological polar surface area (TPSA) is 80.2 Å². The molecule has 1 heterocycles. The van der Waals surface area contributed by atoms with E-state index in [1.165, 1.54) is 6.07 Å². The lowest BCUT2D eigenvalue weighted by Crippen LogP contribution is -2.49. The van der Waals surface area contributed by atoms with Crippen LogP contribution in [0.4, 0.5) is 8.78 Å². The number of ether oxygens (including phenoxy) is 2. The Balaban J connectivity index is 1.58. The number of hydrogen-bond donors (Lipinski definition) is 2. The van der Waals surface area contributed by atoms with Gasteiger partial charge >= 0.3 is 0 Å². The molecule has 0 fully saturated rings. The van der Waals surface area contributed by atoms with Crippen molar-refractivity contribution < 1.29 is 28.2 Å². The Bertz CT molecular complexity index is 1690. The van der Waals surface area contributed by atoms with Crippen LogP contribution < -0.4 is 10.1 Å². The maximum atomic E-state index is 14.4. The molecule has 0 aliphatic carbocycles. The van der Waals surface area contributed by atoms with Gasteiger partial charge in [0.1, 0.15) is 5.75 Å². The SMILES string of the molecule is O=C(NCc1ccc(F)c(F)c1)[C@]1(Cc2ccccc2Br)N=C(c2ccc(OCCCO)cc2)O[C@@H]1c1ccc(Cl)cc1Cl. The standard InChI is InChI=1S/C33H27BrCl2F2N2O4/c34-26-5-2-1-4-22(26)18-33(32(42)39-19-20-6-13-28(37)29(38)16-20)30(25-12-9-23(35)17-27(25)36)44-31(40-33)21-7-10-24(11-8-21)43-15-3-14-41/h1-2,4-13,16-17,30,41H,3,14-15,18-19H2,(H,39,42)/t30-,33-/m1/s1. The highest BCUT2D eigenvalue weighted by Crippen LogP contribution is 2.45. The summed E-state index contributed by atoms with van der Waals surface area (Å²) in [7, 11) is 0. The van der Waals surface area contributed by atoms with Crippen LogP contribution in [0.5, 0.6) is 5.75 Å². The summed E-state index contributed by atoms with van der Waals surface area (Å²) in [6.45, 7) is 0.298. The molecule has 228 valence electrons. The number of nitrogens with zero attached hydrogens (tertiary/aromatic N) is 1. The molecule has 1 aliphatic heterocycles. The number of carbonyl (C=O) groups is 1. The second-order valence-electron chi connectivity index (χ2n) is 10.2. The van der Waals surface area contributed by atoms with Gasteiger partial charge < -0.3 is 19.9 Å². The van der Waals surface area contributed by atoms with Crippen molar-refractivity contribution in [2.24, 2.45) is 4.99 Å². The Morgan fingerprint density at radius 1 is 1.02 bits per heavy atom. The monoisotopic (exact) mass is 702 g/mol. The Hall–Kier alpha value is -3.50. The van der Waals surface area contributed by atoms with Crippen LogP contribution in [0.2, 0.25) is 10.0 Å². The van der Waals surface area contributed by atoms with Gasteiger partial charge in [-0.15, -0.1) is 0 Å². The van der Waals surface area contributed by atoms with Crippen molar-refractivity contribution in [2.45, 2.75) is 31.0 Å². The van der Waals surface area contributed by atoms with Gasteiger partial charge in [0.05, 0.1) is 6.61 Å². The van der Waals surface area contributed by atoms with Crippen LogP contribution in [0.3, 0.4) is 0 Å². The number of benzene rings is 4. The third-order valence-corrected chi connectivity index (χ3v) is 8.47. The van der Waals surface area contributed by atoms with Crippen molar-refractivity contribution in [3.63, 3.8) is 0 Å². The van der Waals surface area contributed by atoms with Gasteiger partial charge in [0, 0.05) is 51.6 Å². The lowest BCUT2D eigenvalue weighted by Gasteiger charge is -2.31. The fourth-order valence-corrected chi connectivity index (χ4v) is 5.82. The average molecular weight is 704 g/mol. The zero-order valence-corrected chi connectivity index (χ0v) is 26.3. The van der Waals surface area contributed by atoms with Crippen LogP contribution >= 0.6 is 39.1 Å². The maximum Gasteiger partial charge on any atom is 0.252 e. The van der Waals surface area contributed by atoms with Crippen LogP contribution in [0, 0.1) is 11.6 Å². The molecule has 2 N–H and O–H groups in total. The van der Waals surface area contributed by atoms with Gasteiger partial charge in [-0.2, -0.15) is 0 Å². The number of amides is 1. The number of nitrogens with one attached hydrogen (secondary N) is 1. The summed E-state index contributed by atoms with van der Waals surface area (Å²) < 4.78 is 40.4. The fraction of sp³-hybridized carbons (Fsp3) is 0.212. The summed E-state index contributed by atoms with van der Waals surface area (Å²) in [6, 6.07) is 22.9. The number of halogens is 5. The van der Waals surface area contributed by atoms with E-state index < -0.39 is 29.2 Å². The summed E-state index contributed by atoms with van der Waals surface area (Å²) >= 11 is 16.5. The van der Waals surface area contributed by atoms with Crippen LogP contribution in [0.15, 0.2) is 94.4 Å². The lowest BCUT2D eigenvalue weighted by atomic mass is 9.82. The third kappa shape index (κ3) is 7.07. The largest absolute Gasteiger partial charge is 0.494 e. The smallest absolute Gasteiger partial charge is 0.252 e. The van der Waals surface area contributed by atoms with E-state index in [0.29, 0.717) is 40.5 Å². The normalized spacial score (nSPS) is 17.6. The molecule has 0 saturated heterocycles. The second kappa shape index (κ2) is 14.1. The first-order valence-electron chi connectivity index (χ1n) is 13.7. The Labute approximate surface area is 271 Å². The van der Waals surface area contributed by atoms with Crippen LogP contribution in [0.1, 0.15) is 34.8 Å². The third-order valence-electron chi connectivity index (χ3n) is 7.13. The van der Waals surface area contributed by atoms with Gasteiger partial charge in [-0.05, 0) is 65.7 Å². The molecule has 2 atom stereocenters. The molecule has 1 amide bonds. The quantitative estimate of drug-likeness (QED) is 0.158. The molecule has 4 aromatic carbocycles. The first kappa shape index (κ1) is 31.9.